The highest BCUT2D eigenvalue weighted by atomic mass is 35.5. The van der Waals surface area contributed by atoms with Gasteiger partial charge >= 0.3 is 17.8 Å². The lowest BCUT2D eigenvalue weighted by molar-refractivity contribution is -0.207. The number of nitrogens with zero attached hydrogens (tertiary/aromatic N) is 8. The van der Waals surface area contributed by atoms with E-state index in [9.17, 15) is 27.9 Å². The summed E-state index contributed by atoms with van der Waals surface area (Å²) in [5.74, 6) is -1.43. The Morgan fingerprint density at radius 2 is 1.83 bits per heavy atom. The van der Waals surface area contributed by atoms with Crippen molar-refractivity contribution in [3.63, 3.8) is 0 Å². The number of benzene rings is 1. The van der Waals surface area contributed by atoms with Crippen LogP contribution in [0.25, 0.3) is 17.3 Å². The van der Waals surface area contributed by atoms with Crippen molar-refractivity contribution >= 4 is 17.6 Å². The molecule has 1 aromatic carbocycles. The van der Waals surface area contributed by atoms with Gasteiger partial charge in [-0.05, 0) is 30.3 Å². The van der Waals surface area contributed by atoms with Gasteiger partial charge in [0.2, 0.25) is 5.82 Å². The number of alkyl halides is 3. The quantitative estimate of drug-likeness (QED) is 0.356. The van der Waals surface area contributed by atoms with Crippen LogP contribution in [0.3, 0.4) is 0 Å². The number of hydrogen-bond acceptors (Lipinski definition) is 9. The molecule has 0 aliphatic carbocycles. The first-order valence-electron chi connectivity index (χ1n) is 10.1. The van der Waals surface area contributed by atoms with E-state index in [1.54, 1.807) is 6.07 Å². The summed E-state index contributed by atoms with van der Waals surface area (Å²) in [6.07, 6.45) is -4.98. The molecule has 0 amide bonds. The van der Waals surface area contributed by atoms with Crippen LogP contribution in [0.15, 0.2) is 47.5 Å². The van der Waals surface area contributed by atoms with E-state index in [-0.39, 0.29) is 29.0 Å². The number of rotatable bonds is 7. The number of aromatic nitrogens is 8. The fourth-order valence-corrected chi connectivity index (χ4v) is 3.24. The molecular weight excluding hydrogens is 509 g/mol. The molecule has 4 aromatic rings. The zero-order valence-corrected chi connectivity index (χ0v) is 19.1. The van der Waals surface area contributed by atoms with Crippen LogP contribution in [-0.2, 0) is 17.8 Å². The van der Waals surface area contributed by atoms with Gasteiger partial charge in [0.15, 0.2) is 17.8 Å². The SMILES string of the molecule is COC(=O)c1nc(Cn2nc(-c3ccc(Cl)cc3)n(CC(O)C(F)(F)F)c2=O)nn1-c1ncccn1. The topological polar surface area (TPSA) is 143 Å². The second-order valence-electron chi connectivity index (χ2n) is 7.24. The Labute approximate surface area is 204 Å². The number of methoxy groups -OCH3 is 1. The molecule has 3 aromatic heterocycles. The molecule has 0 aliphatic rings. The molecule has 1 unspecified atom stereocenters. The average Bonchev–Trinajstić information content (AvgIpc) is 3.41. The fraction of sp³-hybridized carbons (Fsp3) is 0.250. The second kappa shape index (κ2) is 9.87. The van der Waals surface area contributed by atoms with Gasteiger partial charge in [0.1, 0.15) is 6.54 Å². The lowest BCUT2D eigenvalue weighted by Gasteiger charge is -2.15. The van der Waals surface area contributed by atoms with Crippen LogP contribution in [0.1, 0.15) is 16.4 Å². The van der Waals surface area contributed by atoms with Gasteiger partial charge in [-0.25, -0.2) is 29.2 Å². The van der Waals surface area contributed by atoms with Crippen LogP contribution < -0.4 is 5.69 Å². The Hall–Kier alpha value is -4.11. The van der Waals surface area contributed by atoms with Gasteiger partial charge < -0.3 is 9.84 Å². The van der Waals surface area contributed by atoms with Gasteiger partial charge in [0, 0.05) is 23.0 Å². The van der Waals surface area contributed by atoms with E-state index in [1.807, 2.05) is 0 Å². The summed E-state index contributed by atoms with van der Waals surface area (Å²) in [4.78, 5) is 37.3. The van der Waals surface area contributed by atoms with Crippen molar-refractivity contribution in [3.05, 3.63) is 69.9 Å². The molecule has 36 heavy (non-hydrogen) atoms. The zero-order valence-electron chi connectivity index (χ0n) is 18.3. The van der Waals surface area contributed by atoms with Crippen LogP contribution in [-0.4, -0.2) is 69.5 Å². The van der Waals surface area contributed by atoms with E-state index >= 15 is 0 Å². The largest absolute Gasteiger partial charge is 0.463 e. The molecule has 0 fully saturated rings. The number of aliphatic hydroxyl groups excluding tert-OH is 1. The molecule has 188 valence electrons. The molecule has 0 spiro atoms. The summed E-state index contributed by atoms with van der Waals surface area (Å²) in [5, 5.41) is 18.2. The maximum atomic E-state index is 13.0. The van der Waals surface area contributed by atoms with Gasteiger partial charge in [0.25, 0.3) is 5.95 Å². The lowest BCUT2D eigenvalue weighted by atomic mass is 10.2. The minimum atomic E-state index is -4.97. The van der Waals surface area contributed by atoms with Crippen molar-refractivity contribution in [2.75, 3.05) is 7.11 Å². The van der Waals surface area contributed by atoms with Crippen molar-refractivity contribution in [2.24, 2.45) is 0 Å². The number of aliphatic hydroxyl groups is 1. The first-order chi connectivity index (χ1) is 17.1. The summed E-state index contributed by atoms with van der Waals surface area (Å²) in [6, 6.07) is 7.40. The van der Waals surface area contributed by atoms with Crippen LogP contribution in [0.5, 0.6) is 0 Å². The van der Waals surface area contributed by atoms with E-state index in [2.05, 4.69) is 25.1 Å². The monoisotopic (exact) mass is 524 g/mol. The van der Waals surface area contributed by atoms with Crippen LogP contribution >= 0.6 is 11.6 Å². The summed E-state index contributed by atoms with van der Waals surface area (Å²) in [5.41, 5.74) is -0.703. The van der Waals surface area contributed by atoms with Crippen LogP contribution in [0.2, 0.25) is 5.02 Å². The lowest BCUT2D eigenvalue weighted by Crippen LogP contribution is -2.37. The number of esters is 1. The van der Waals surface area contributed by atoms with Gasteiger partial charge in [-0.3, -0.25) is 4.57 Å². The van der Waals surface area contributed by atoms with Gasteiger partial charge in [-0.15, -0.1) is 10.2 Å². The molecule has 3 heterocycles. The molecule has 0 bridgehead atoms. The van der Waals surface area contributed by atoms with Gasteiger partial charge in [0.05, 0.1) is 13.7 Å². The van der Waals surface area contributed by atoms with Crippen molar-refractivity contribution in [3.8, 4) is 17.3 Å². The smallest absolute Gasteiger partial charge is 0.416 e. The summed E-state index contributed by atoms with van der Waals surface area (Å²) in [7, 11) is 1.13. The Morgan fingerprint density at radius 1 is 1.17 bits per heavy atom. The van der Waals surface area contributed by atoms with Crippen molar-refractivity contribution < 1.29 is 27.8 Å². The highest BCUT2D eigenvalue weighted by Gasteiger charge is 2.39. The zero-order chi connectivity index (χ0) is 26.0. The Bertz CT molecular complexity index is 1430. The van der Waals surface area contributed by atoms with E-state index in [0.29, 0.717) is 9.59 Å². The predicted octanol–water partition coefficient (Wildman–Crippen LogP) is 1.49. The van der Waals surface area contributed by atoms with Crippen LogP contribution in [0, 0.1) is 0 Å². The molecule has 1 N–H and O–H groups in total. The van der Waals surface area contributed by atoms with Crippen molar-refractivity contribution in [1.29, 1.82) is 0 Å². The summed E-state index contributed by atoms with van der Waals surface area (Å²) in [6.45, 7) is -1.54. The number of carbonyl (C=O) groups excluding carboxylic acids is 1. The predicted molar refractivity (Wildman–Crippen MR) is 116 cm³/mol. The van der Waals surface area contributed by atoms with Crippen molar-refractivity contribution in [1.82, 2.24) is 39.1 Å². The summed E-state index contributed by atoms with van der Waals surface area (Å²) >= 11 is 5.88. The average molecular weight is 525 g/mol. The molecule has 16 heteroatoms. The van der Waals surface area contributed by atoms with Gasteiger partial charge in [-0.2, -0.15) is 17.9 Å². The molecule has 1 atom stereocenters. The highest BCUT2D eigenvalue weighted by Crippen LogP contribution is 2.24. The minimum absolute atomic E-state index is 0.00956. The number of ether oxygens (including phenoxy) is 1. The standard InChI is InChI=1S/C20H16ClF3N8O4/c1-36-17(34)16-27-14(28-32(16)18-25-7-2-8-26-18)10-31-19(35)30(9-13(33)20(22,23)24)15(29-31)11-3-5-12(21)6-4-11/h2-8,13,33H,9-10H2,1H3. The third-order valence-corrected chi connectivity index (χ3v) is 5.06. The van der Waals surface area contributed by atoms with Crippen LogP contribution in [0.4, 0.5) is 13.2 Å². The molecule has 0 radical (unpaired) electrons. The normalized spacial score (nSPS) is 12.5. The number of halogens is 4. The Balaban J connectivity index is 1.77. The first-order valence-corrected chi connectivity index (χ1v) is 10.5. The third kappa shape index (κ3) is 5.11. The molecule has 0 aliphatic heterocycles. The minimum Gasteiger partial charge on any atom is -0.463 e. The molecule has 12 nitrogen and oxygen atoms in total. The Kier molecular flexibility index (Phi) is 6.85. The number of carbonyl (C=O) groups is 1. The maximum absolute atomic E-state index is 13.0. The molecule has 4 rings (SSSR count). The molecule has 0 saturated heterocycles. The van der Waals surface area contributed by atoms with Crippen molar-refractivity contribution in [2.45, 2.75) is 25.4 Å². The van der Waals surface area contributed by atoms with E-state index in [1.165, 1.54) is 36.7 Å². The first kappa shape index (κ1) is 25.0. The maximum Gasteiger partial charge on any atom is 0.416 e. The summed E-state index contributed by atoms with van der Waals surface area (Å²) < 4.78 is 46.3. The van der Waals surface area contributed by atoms with Gasteiger partial charge in [-0.1, -0.05) is 11.6 Å². The second-order valence-corrected chi connectivity index (χ2v) is 7.68. The highest BCUT2D eigenvalue weighted by molar-refractivity contribution is 6.30. The van der Waals surface area contributed by atoms with E-state index < -0.39 is 37.0 Å². The van der Waals surface area contributed by atoms with E-state index in [4.69, 9.17) is 16.3 Å². The number of hydrogen-bond donors (Lipinski definition) is 1. The molecular formula is C20H16ClF3N8O4. The van der Waals surface area contributed by atoms with E-state index in [0.717, 1.165) is 16.5 Å². The Morgan fingerprint density at radius 3 is 2.44 bits per heavy atom. The fourth-order valence-electron chi connectivity index (χ4n) is 3.12. The molecule has 0 saturated carbocycles. The third-order valence-electron chi connectivity index (χ3n) is 4.81.